The second-order valence-electron chi connectivity index (χ2n) is 6.04. The largest absolute Gasteiger partial charge is 0.398 e. The van der Waals surface area contributed by atoms with Crippen molar-refractivity contribution in [3.8, 4) is 11.4 Å². The Kier molecular flexibility index (Phi) is 4.83. The van der Waals surface area contributed by atoms with E-state index in [9.17, 15) is 0 Å². The van der Waals surface area contributed by atoms with Crippen molar-refractivity contribution in [2.75, 3.05) is 5.73 Å². The molecule has 114 valence electrons. The maximum atomic E-state index is 6.27. The summed E-state index contributed by atoms with van der Waals surface area (Å²) in [5.41, 5.74) is 7.33. The Labute approximate surface area is 130 Å². The van der Waals surface area contributed by atoms with Crippen LogP contribution < -0.4 is 5.73 Å². The average Bonchev–Trinajstić information content (AvgIpc) is 2.83. The summed E-state index contributed by atoms with van der Waals surface area (Å²) in [6.45, 7) is 9.64. The van der Waals surface area contributed by atoms with Gasteiger partial charge < -0.3 is 5.73 Å². The van der Waals surface area contributed by atoms with E-state index < -0.39 is 0 Å². The van der Waals surface area contributed by atoms with Crippen LogP contribution in [-0.4, -0.2) is 20.2 Å². The highest BCUT2D eigenvalue weighted by Crippen LogP contribution is 2.32. The molecule has 2 aromatic rings. The summed E-state index contributed by atoms with van der Waals surface area (Å²) in [6, 6.07) is 5.43. The Balaban J connectivity index is 2.39. The second-order valence-corrected chi connectivity index (χ2v) is 6.45. The molecule has 21 heavy (non-hydrogen) atoms. The minimum atomic E-state index is 0.482. The normalized spacial score (nSPS) is 11.8. The van der Waals surface area contributed by atoms with Gasteiger partial charge in [-0.25, -0.2) is 4.68 Å². The number of hydrogen-bond donors (Lipinski definition) is 1. The molecule has 0 radical (unpaired) electrons. The van der Waals surface area contributed by atoms with E-state index in [1.165, 1.54) is 0 Å². The summed E-state index contributed by atoms with van der Waals surface area (Å²) >= 11 is 6.27. The van der Waals surface area contributed by atoms with Crippen molar-refractivity contribution in [2.45, 2.75) is 34.2 Å². The van der Waals surface area contributed by atoms with Gasteiger partial charge in [0, 0.05) is 12.2 Å². The molecule has 0 saturated heterocycles. The van der Waals surface area contributed by atoms with E-state index in [0.29, 0.717) is 39.9 Å². The number of halogens is 1. The summed E-state index contributed by atoms with van der Waals surface area (Å²) in [4.78, 5) is 0. The predicted molar refractivity (Wildman–Crippen MR) is 85.8 cm³/mol. The Bertz CT molecular complexity index is 578. The first-order valence-electron chi connectivity index (χ1n) is 7.22. The maximum absolute atomic E-state index is 6.27. The molecule has 2 N–H and O–H groups in total. The molecule has 0 aliphatic carbocycles. The van der Waals surface area contributed by atoms with Gasteiger partial charge >= 0.3 is 0 Å². The zero-order valence-corrected chi connectivity index (χ0v) is 13.7. The molecule has 0 unspecified atom stereocenters. The molecule has 1 aromatic carbocycles. The molecule has 5 nitrogen and oxygen atoms in total. The van der Waals surface area contributed by atoms with E-state index in [4.69, 9.17) is 17.3 Å². The van der Waals surface area contributed by atoms with E-state index in [1.54, 1.807) is 6.07 Å². The highest BCUT2D eigenvalue weighted by molar-refractivity contribution is 6.33. The number of tetrazole rings is 1. The Morgan fingerprint density at radius 3 is 2.43 bits per heavy atom. The first kappa shape index (κ1) is 15.8. The number of hydrogen-bond acceptors (Lipinski definition) is 4. The number of rotatable bonds is 5. The van der Waals surface area contributed by atoms with Gasteiger partial charge in [-0.3, -0.25) is 0 Å². The topological polar surface area (TPSA) is 69.6 Å². The van der Waals surface area contributed by atoms with Gasteiger partial charge in [0.2, 0.25) is 0 Å². The molecule has 1 heterocycles. The van der Waals surface area contributed by atoms with Gasteiger partial charge in [-0.05, 0) is 40.3 Å². The molecule has 0 bridgehead atoms. The highest BCUT2D eigenvalue weighted by atomic mass is 35.5. The molecule has 2 rings (SSSR count). The molecular weight excluding hydrogens is 286 g/mol. The SMILES string of the molecule is CC(C)C(Cn1nnnc1-c1c(N)cccc1Cl)C(C)C. The van der Waals surface area contributed by atoms with Gasteiger partial charge in [-0.2, -0.15) is 0 Å². The zero-order chi connectivity index (χ0) is 15.6. The lowest BCUT2D eigenvalue weighted by Gasteiger charge is -2.24. The van der Waals surface area contributed by atoms with Crippen molar-refractivity contribution in [1.29, 1.82) is 0 Å². The summed E-state index contributed by atoms with van der Waals surface area (Å²) in [6.07, 6.45) is 0. The monoisotopic (exact) mass is 307 g/mol. The molecule has 0 saturated carbocycles. The fourth-order valence-corrected chi connectivity index (χ4v) is 2.94. The lowest BCUT2D eigenvalue weighted by atomic mass is 9.85. The number of aromatic nitrogens is 4. The molecule has 0 fully saturated rings. The van der Waals surface area contributed by atoms with Crippen LogP contribution in [-0.2, 0) is 6.54 Å². The fraction of sp³-hybridized carbons (Fsp3) is 0.533. The average molecular weight is 308 g/mol. The van der Waals surface area contributed by atoms with Crippen molar-refractivity contribution in [2.24, 2.45) is 17.8 Å². The minimum Gasteiger partial charge on any atom is -0.398 e. The van der Waals surface area contributed by atoms with Gasteiger partial charge in [0.1, 0.15) is 0 Å². The van der Waals surface area contributed by atoms with Crippen molar-refractivity contribution in [1.82, 2.24) is 20.2 Å². The standard InChI is InChI=1S/C15H22ClN5/c1-9(2)11(10(3)4)8-21-15(18-19-20-21)14-12(16)6-5-7-13(14)17/h5-7,9-11H,8,17H2,1-4H3. The van der Waals surface area contributed by atoms with Crippen LogP contribution in [0.5, 0.6) is 0 Å². The molecule has 6 heteroatoms. The van der Waals surface area contributed by atoms with Crippen LogP contribution in [0.4, 0.5) is 5.69 Å². The number of nitrogen functional groups attached to an aromatic ring is 1. The third-order valence-corrected chi connectivity index (χ3v) is 4.21. The summed E-state index contributed by atoms with van der Waals surface area (Å²) in [7, 11) is 0. The van der Waals surface area contributed by atoms with Crippen molar-refractivity contribution < 1.29 is 0 Å². The summed E-state index contributed by atoms with van der Waals surface area (Å²) in [5, 5.41) is 12.6. The van der Waals surface area contributed by atoms with E-state index in [-0.39, 0.29) is 0 Å². The lowest BCUT2D eigenvalue weighted by molar-refractivity contribution is 0.242. The fourth-order valence-electron chi connectivity index (χ4n) is 2.67. The van der Waals surface area contributed by atoms with Gasteiger partial charge in [-0.1, -0.05) is 45.4 Å². The van der Waals surface area contributed by atoms with Crippen molar-refractivity contribution in [3.63, 3.8) is 0 Å². The second kappa shape index (κ2) is 6.43. The van der Waals surface area contributed by atoms with E-state index in [1.807, 2.05) is 16.8 Å². The maximum Gasteiger partial charge on any atom is 0.185 e. The quantitative estimate of drug-likeness (QED) is 0.858. The van der Waals surface area contributed by atoms with Crippen molar-refractivity contribution in [3.05, 3.63) is 23.2 Å². The lowest BCUT2D eigenvalue weighted by Crippen LogP contribution is -2.23. The van der Waals surface area contributed by atoms with Gasteiger partial charge in [0.25, 0.3) is 0 Å². The van der Waals surface area contributed by atoms with Gasteiger partial charge in [0.15, 0.2) is 5.82 Å². The minimum absolute atomic E-state index is 0.482. The van der Waals surface area contributed by atoms with E-state index in [0.717, 1.165) is 6.54 Å². The number of benzene rings is 1. The summed E-state index contributed by atoms with van der Waals surface area (Å²) in [5.74, 6) is 2.21. The molecule has 0 aliphatic heterocycles. The van der Waals surface area contributed by atoms with E-state index in [2.05, 4.69) is 43.2 Å². The molecular formula is C15H22ClN5. The molecule has 0 spiro atoms. The van der Waals surface area contributed by atoms with Crippen LogP contribution in [0.25, 0.3) is 11.4 Å². The molecule has 0 aliphatic rings. The first-order chi connectivity index (χ1) is 9.91. The van der Waals surface area contributed by atoms with Crippen LogP contribution in [0, 0.1) is 17.8 Å². The predicted octanol–water partition coefficient (Wildman–Crippen LogP) is 3.50. The molecule has 0 amide bonds. The Hall–Kier alpha value is -1.62. The van der Waals surface area contributed by atoms with Crippen LogP contribution in [0.2, 0.25) is 5.02 Å². The summed E-state index contributed by atoms with van der Waals surface area (Å²) < 4.78 is 1.81. The zero-order valence-electron chi connectivity index (χ0n) is 12.9. The smallest absolute Gasteiger partial charge is 0.185 e. The van der Waals surface area contributed by atoms with Crippen LogP contribution in [0.1, 0.15) is 27.7 Å². The Morgan fingerprint density at radius 1 is 1.19 bits per heavy atom. The number of nitrogens with zero attached hydrogens (tertiary/aromatic N) is 4. The third kappa shape index (κ3) is 3.35. The molecule has 0 atom stereocenters. The number of nitrogens with two attached hydrogens (primary N) is 1. The first-order valence-corrected chi connectivity index (χ1v) is 7.60. The third-order valence-electron chi connectivity index (χ3n) is 3.90. The van der Waals surface area contributed by atoms with Crippen LogP contribution >= 0.6 is 11.6 Å². The van der Waals surface area contributed by atoms with Gasteiger partial charge in [0.05, 0.1) is 10.6 Å². The Morgan fingerprint density at radius 2 is 1.86 bits per heavy atom. The van der Waals surface area contributed by atoms with Crippen LogP contribution in [0.3, 0.4) is 0 Å². The number of anilines is 1. The van der Waals surface area contributed by atoms with Gasteiger partial charge in [-0.15, -0.1) is 5.10 Å². The van der Waals surface area contributed by atoms with Crippen LogP contribution in [0.15, 0.2) is 18.2 Å². The highest BCUT2D eigenvalue weighted by Gasteiger charge is 2.22. The van der Waals surface area contributed by atoms with E-state index >= 15 is 0 Å². The molecule has 1 aromatic heterocycles. The van der Waals surface area contributed by atoms with Crippen molar-refractivity contribution >= 4 is 17.3 Å².